The first-order chi connectivity index (χ1) is 13.0. The van der Waals surface area contributed by atoms with Gasteiger partial charge in [-0.25, -0.2) is 10.5 Å². The van der Waals surface area contributed by atoms with Crippen LogP contribution in [0.2, 0.25) is 0 Å². The molecule has 156 valence electrons. The van der Waals surface area contributed by atoms with Crippen molar-refractivity contribution in [2.24, 2.45) is 17.3 Å². The maximum absolute atomic E-state index is 12.9. The van der Waals surface area contributed by atoms with Crippen LogP contribution in [0.25, 0.3) is 0 Å². The maximum Gasteiger partial charge on any atom is 0.248 e. The van der Waals surface area contributed by atoms with Crippen molar-refractivity contribution >= 4 is 23.5 Å². The van der Waals surface area contributed by atoms with E-state index in [9.17, 15) is 14.4 Å². The minimum absolute atomic E-state index is 0.0294. The Balaban J connectivity index is 2.90. The van der Waals surface area contributed by atoms with Crippen molar-refractivity contribution in [1.29, 1.82) is 0 Å². The van der Waals surface area contributed by atoms with Gasteiger partial charge in [-0.15, -0.1) is 0 Å². The third-order valence-electron chi connectivity index (χ3n) is 4.30. The number of aromatic nitrogens is 1. The first kappa shape index (κ1) is 23.6. The molecule has 0 aliphatic carbocycles. The van der Waals surface area contributed by atoms with Gasteiger partial charge >= 0.3 is 0 Å². The van der Waals surface area contributed by atoms with Gasteiger partial charge in [0, 0.05) is 18.5 Å². The lowest BCUT2D eigenvalue weighted by atomic mass is 9.84. The number of nitrogens with zero attached hydrogens (tertiary/aromatic N) is 1. The Bertz CT molecular complexity index is 656. The molecule has 8 nitrogen and oxygen atoms in total. The summed E-state index contributed by atoms with van der Waals surface area (Å²) in [6.45, 7) is 9.58. The zero-order valence-electron chi connectivity index (χ0n) is 17.3. The van der Waals surface area contributed by atoms with Crippen LogP contribution in [0.5, 0.6) is 0 Å². The molecule has 0 fully saturated rings. The van der Waals surface area contributed by atoms with E-state index >= 15 is 0 Å². The summed E-state index contributed by atoms with van der Waals surface area (Å²) in [6.07, 6.45) is 2.46. The van der Waals surface area contributed by atoms with E-state index in [0.29, 0.717) is 12.2 Å². The van der Waals surface area contributed by atoms with Gasteiger partial charge in [0.1, 0.15) is 11.9 Å². The summed E-state index contributed by atoms with van der Waals surface area (Å²) in [6, 6.07) is 4.41. The van der Waals surface area contributed by atoms with Gasteiger partial charge < -0.3 is 10.6 Å². The summed E-state index contributed by atoms with van der Waals surface area (Å²) in [7, 11) is 0. The molecule has 1 rings (SSSR count). The molecule has 28 heavy (non-hydrogen) atoms. The summed E-state index contributed by atoms with van der Waals surface area (Å²) in [5, 5.41) is 14.3. The predicted molar refractivity (Wildman–Crippen MR) is 106 cm³/mol. The van der Waals surface area contributed by atoms with E-state index in [1.165, 1.54) is 0 Å². The van der Waals surface area contributed by atoms with Gasteiger partial charge in [-0.2, -0.15) is 0 Å². The summed E-state index contributed by atoms with van der Waals surface area (Å²) in [4.78, 5) is 41.1. The fourth-order valence-electron chi connectivity index (χ4n) is 2.86. The molecular formula is C20H32N4O4. The molecule has 0 radical (unpaired) electrons. The Hall–Kier alpha value is -2.48. The Morgan fingerprint density at radius 2 is 1.82 bits per heavy atom. The second-order valence-electron chi connectivity index (χ2n) is 8.41. The van der Waals surface area contributed by atoms with Gasteiger partial charge in [0.05, 0.1) is 0 Å². The minimum Gasteiger partial charge on any atom is -0.344 e. The molecule has 1 aromatic heterocycles. The molecule has 0 saturated heterocycles. The van der Waals surface area contributed by atoms with Crippen molar-refractivity contribution in [2.45, 2.75) is 59.9 Å². The van der Waals surface area contributed by atoms with E-state index < -0.39 is 23.3 Å². The molecule has 1 aromatic rings. The summed E-state index contributed by atoms with van der Waals surface area (Å²) < 4.78 is 0. The smallest absolute Gasteiger partial charge is 0.248 e. The molecule has 0 unspecified atom stereocenters. The lowest BCUT2D eigenvalue weighted by Gasteiger charge is -2.32. The average Bonchev–Trinajstić information content (AvgIpc) is 2.62. The number of nitrogens with one attached hydrogen (secondary N) is 3. The molecule has 4 N–H and O–H groups in total. The molecule has 0 aromatic carbocycles. The van der Waals surface area contributed by atoms with Crippen molar-refractivity contribution in [2.75, 3.05) is 5.32 Å². The fourth-order valence-corrected chi connectivity index (χ4v) is 2.86. The molecule has 0 saturated carbocycles. The topological polar surface area (TPSA) is 120 Å². The molecule has 1 heterocycles. The van der Waals surface area contributed by atoms with Crippen molar-refractivity contribution in [3.63, 3.8) is 0 Å². The van der Waals surface area contributed by atoms with Crippen LogP contribution < -0.4 is 16.1 Å². The third-order valence-corrected chi connectivity index (χ3v) is 4.30. The third kappa shape index (κ3) is 8.04. The van der Waals surface area contributed by atoms with E-state index in [1.807, 2.05) is 34.6 Å². The highest BCUT2D eigenvalue weighted by atomic mass is 16.5. The monoisotopic (exact) mass is 392 g/mol. The maximum atomic E-state index is 12.9. The lowest BCUT2D eigenvalue weighted by molar-refractivity contribution is -0.133. The van der Waals surface area contributed by atoms with Gasteiger partial charge in [0.2, 0.25) is 17.7 Å². The van der Waals surface area contributed by atoms with Crippen LogP contribution in [0.3, 0.4) is 0 Å². The van der Waals surface area contributed by atoms with Gasteiger partial charge in [-0.05, 0) is 36.3 Å². The second kappa shape index (κ2) is 10.8. The number of hydrogen-bond donors (Lipinski definition) is 4. The Kier molecular flexibility index (Phi) is 9.05. The van der Waals surface area contributed by atoms with Gasteiger partial charge in [-0.3, -0.25) is 19.6 Å². The number of hydrogen-bond acceptors (Lipinski definition) is 5. The summed E-state index contributed by atoms with van der Waals surface area (Å²) >= 11 is 0. The predicted octanol–water partition coefficient (Wildman–Crippen LogP) is 2.50. The van der Waals surface area contributed by atoms with Crippen LogP contribution in [0.15, 0.2) is 24.4 Å². The number of carbonyl (C=O) groups excluding carboxylic acids is 3. The van der Waals surface area contributed by atoms with E-state index in [2.05, 4.69) is 15.6 Å². The van der Waals surface area contributed by atoms with Crippen LogP contribution in [0.4, 0.5) is 5.82 Å². The van der Waals surface area contributed by atoms with Crippen LogP contribution in [0, 0.1) is 17.3 Å². The number of rotatable bonds is 9. The molecule has 0 aliphatic rings. The molecule has 0 spiro atoms. The number of carbonyl (C=O) groups is 3. The lowest BCUT2D eigenvalue weighted by Crippen LogP contribution is -2.53. The Labute approximate surface area is 166 Å². The normalized spacial score (nSPS) is 13.5. The largest absolute Gasteiger partial charge is 0.344 e. The van der Waals surface area contributed by atoms with E-state index in [4.69, 9.17) is 5.21 Å². The molecule has 8 heteroatoms. The highest BCUT2D eigenvalue weighted by molar-refractivity contribution is 5.97. The van der Waals surface area contributed by atoms with Crippen molar-refractivity contribution in [3.05, 3.63) is 24.4 Å². The zero-order chi connectivity index (χ0) is 21.3. The van der Waals surface area contributed by atoms with Crippen molar-refractivity contribution in [3.8, 4) is 0 Å². The van der Waals surface area contributed by atoms with E-state index in [-0.39, 0.29) is 30.6 Å². The van der Waals surface area contributed by atoms with Crippen LogP contribution in [-0.2, 0) is 14.4 Å². The Morgan fingerprint density at radius 3 is 2.32 bits per heavy atom. The highest BCUT2D eigenvalue weighted by Crippen LogP contribution is 2.23. The summed E-state index contributed by atoms with van der Waals surface area (Å²) in [5.41, 5.74) is 1.05. The number of pyridine rings is 1. The van der Waals surface area contributed by atoms with Crippen LogP contribution in [0.1, 0.15) is 53.9 Å². The van der Waals surface area contributed by atoms with E-state index in [0.717, 1.165) is 0 Å². The summed E-state index contributed by atoms with van der Waals surface area (Å²) in [5.74, 6) is -0.962. The number of amides is 3. The molecule has 0 aliphatic heterocycles. The fraction of sp³-hybridized carbons (Fsp3) is 0.600. The Morgan fingerprint density at radius 1 is 1.14 bits per heavy atom. The minimum atomic E-state index is -0.775. The van der Waals surface area contributed by atoms with Crippen molar-refractivity contribution in [1.82, 2.24) is 15.8 Å². The van der Waals surface area contributed by atoms with E-state index in [1.54, 1.807) is 29.9 Å². The van der Waals surface area contributed by atoms with Crippen LogP contribution in [-0.4, -0.2) is 34.0 Å². The van der Waals surface area contributed by atoms with Crippen LogP contribution >= 0.6 is 0 Å². The highest BCUT2D eigenvalue weighted by Gasteiger charge is 2.35. The SMILES string of the molecule is CC(C)C[C@H](CCC(=O)NO)C(=O)N[C@H](C(=O)Nc1ccccn1)C(C)(C)C. The van der Waals surface area contributed by atoms with Crippen molar-refractivity contribution < 1.29 is 19.6 Å². The standard InChI is InChI=1S/C20H32N4O4/c1-13(2)12-14(9-10-16(25)24-28)18(26)23-17(20(3,4)5)19(27)22-15-8-6-7-11-21-15/h6-8,11,13-14,17,28H,9-10,12H2,1-5H3,(H,23,26)(H,24,25)(H,21,22,27)/t14-,17+/m0/s1. The first-order valence-corrected chi connectivity index (χ1v) is 9.49. The second-order valence-corrected chi connectivity index (χ2v) is 8.41. The quantitative estimate of drug-likeness (QED) is 0.380. The molecule has 2 atom stereocenters. The zero-order valence-corrected chi connectivity index (χ0v) is 17.3. The number of hydroxylamine groups is 1. The van der Waals surface area contributed by atoms with Gasteiger partial charge in [0.15, 0.2) is 0 Å². The average molecular weight is 393 g/mol. The van der Waals surface area contributed by atoms with Gasteiger partial charge in [-0.1, -0.05) is 40.7 Å². The molecular weight excluding hydrogens is 360 g/mol. The first-order valence-electron chi connectivity index (χ1n) is 9.49. The molecule has 3 amide bonds. The molecule has 0 bridgehead atoms. The van der Waals surface area contributed by atoms with Gasteiger partial charge in [0.25, 0.3) is 0 Å². The number of anilines is 1.